The fourth-order valence-electron chi connectivity index (χ4n) is 1.91. The molecule has 0 bridgehead atoms. The minimum Gasteiger partial charge on any atom is -0.388 e. The average molecular weight is 255 g/mol. The van der Waals surface area contributed by atoms with Gasteiger partial charge in [-0.25, -0.2) is 0 Å². The lowest BCUT2D eigenvalue weighted by molar-refractivity contribution is 0.177. The van der Waals surface area contributed by atoms with Gasteiger partial charge in [0.05, 0.1) is 23.4 Å². The van der Waals surface area contributed by atoms with Crippen LogP contribution >= 0.6 is 0 Å². The van der Waals surface area contributed by atoms with Gasteiger partial charge in [0.2, 0.25) is 0 Å². The Labute approximate surface area is 112 Å². The summed E-state index contributed by atoms with van der Waals surface area (Å²) in [6.07, 6.45) is 1.73. The Morgan fingerprint density at radius 2 is 2.16 bits per heavy atom. The third-order valence-corrected chi connectivity index (χ3v) is 3.00. The Kier molecular flexibility index (Phi) is 3.98. The molecule has 1 atom stereocenters. The molecular formula is C15H17N3O. The topological polar surface area (TPSA) is 61.8 Å². The summed E-state index contributed by atoms with van der Waals surface area (Å²) >= 11 is 0. The lowest BCUT2D eigenvalue weighted by Gasteiger charge is -2.10. The van der Waals surface area contributed by atoms with Gasteiger partial charge in [-0.05, 0) is 37.6 Å². The minimum atomic E-state index is -0.635. The highest BCUT2D eigenvalue weighted by Crippen LogP contribution is 2.19. The van der Waals surface area contributed by atoms with Crippen molar-refractivity contribution in [2.24, 2.45) is 0 Å². The predicted molar refractivity (Wildman–Crippen MR) is 72.4 cm³/mol. The molecule has 98 valence electrons. The van der Waals surface area contributed by atoms with Crippen molar-refractivity contribution in [2.45, 2.75) is 32.4 Å². The number of aliphatic hydroxyl groups excluding tert-OH is 1. The summed E-state index contributed by atoms with van der Waals surface area (Å²) < 4.78 is 1.87. The smallest absolute Gasteiger partial charge is 0.0991 e. The molecule has 0 saturated heterocycles. The van der Waals surface area contributed by atoms with Gasteiger partial charge >= 0.3 is 0 Å². The van der Waals surface area contributed by atoms with E-state index < -0.39 is 6.10 Å². The molecule has 0 spiro atoms. The normalized spacial score (nSPS) is 12.4. The first-order chi connectivity index (χ1) is 9.10. The van der Waals surface area contributed by atoms with Crippen LogP contribution in [0.1, 0.15) is 42.8 Å². The molecule has 1 heterocycles. The molecule has 0 aliphatic carbocycles. The van der Waals surface area contributed by atoms with E-state index in [1.807, 2.05) is 23.0 Å². The molecule has 0 aliphatic heterocycles. The SMILES string of the molecule is CC(C)n1ccc(CC(O)c2cccc(C#N)c2)n1. The Balaban J connectivity index is 2.11. The highest BCUT2D eigenvalue weighted by atomic mass is 16.3. The standard InChI is InChI=1S/C15H17N3O/c1-11(2)18-7-6-14(17-18)9-15(19)13-5-3-4-12(8-13)10-16/h3-8,11,15,19H,9H2,1-2H3. The van der Waals surface area contributed by atoms with Crippen LogP contribution in [0.4, 0.5) is 0 Å². The van der Waals surface area contributed by atoms with Crippen LogP contribution in [0.25, 0.3) is 0 Å². The fourth-order valence-corrected chi connectivity index (χ4v) is 1.91. The van der Waals surface area contributed by atoms with Crippen molar-refractivity contribution >= 4 is 0 Å². The maximum absolute atomic E-state index is 10.2. The van der Waals surface area contributed by atoms with E-state index in [-0.39, 0.29) is 0 Å². The summed E-state index contributed by atoms with van der Waals surface area (Å²) in [7, 11) is 0. The maximum Gasteiger partial charge on any atom is 0.0991 e. The first-order valence-corrected chi connectivity index (χ1v) is 6.32. The second-order valence-corrected chi connectivity index (χ2v) is 4.84. The molecule has 2 rings (SSSR count). The van der Waals surface area contributed by atoms with Crippen molar-refractivity contribution in [2.75, 3.05) is 0 Å². The highest BCUT2D eigenvalue weighted by molar-refractivity contribution is 5.34. The number of benzene rings is 1. The lowest BCUT2D eigenvalue weighted by atomic mass is 10.0. The van der Waals surface area contributed by atoms with Crippen molar-refractivity contribution in [3.8, 4) is 6.07 Å². The number of hydrogen-bond acceptors (Lipinski definition) is 3. The Hall–Kier alpha value is -2.12. The second kappa shape index (κ2) is 5.68. The number of nitrogens with zero attached hydrogens (tertiary/aromatic N) is 3. The van der Waals surface area contributed by atoms with E-state index in [4.69, 9.17) is 5.26 Å². The first kappa shape index (κ1) is 13.3. The molecule has 2 aromatic rings. The largest absolute Gasteiger partial charge is 0.388 e. The van der Waals surface area contributed by atoms with Gasteiger partial charge in [-0.2, -0.15) is 10.4 Å². The Bertz CT molecular complexity index is 595. The molecule has 1 N–H and O–H groups in total. The fraction of sp³-hybridized carbons (Fsp3) is 0.333. The molecule has 4 heteroatoms. The summed E-state index contributed by atoms with van der Waals surface area (Å²) in [4.78, 5) is 0. The Morgan fingerprint density at radius 1 is 1.37 bits per heavy atom. The summed E-state index contributed by atoms with van der Waals surface area (Å²) in [5, 5.41) is 23.4. The molecule has 1 unspecified atom stereocenters. The number of aromatic nitrogens is 2. The van der Waals surface area contributed by atoms with Crippen molar-refractivity contribution in [1.29, 1.82) is 5.26 Å². The van der Waals surface area contributed by atoms with E-state index in [1.54, 1.807) is 18.2 Å². The van der Waals surface area contributed by atoms with Crippen molar-refractivity contribution in [3.63, 3.8) is 0 Å². The van der Waals surface area contributed by atoms with Gasteiger partial charge in [0.15, 0.2) is 0 Å². The molecule has 1 aromatic carbocycles. The summed E-state index contributed by atoms with van der Waals surface area (Å²) in [5.74, 6) is 0. The molecule has 0 amide bonds. The summed E-state index contributed by atoms with van der Waals surface area (Å²) in [6, 6.07) is 11.3. The minimum absolute atomic E-state index is 0.313. The van der Waals surface area contributed by atoms with Crippen LogP contribution in [0.3, 0.4) is 0 Å². The monoisotopic (exact) mass is 255 g/mol. The molecule has 0 aliphatic rings. The zero-order valence-electron chi connectivity index (χ0n) is 11.1. The van der Waals surface area contributed by atoms with Gasteiger partial charge in [0, 0.05) is 18.7 Å². The molecule has 0 fully saturated rings. The zero-order valence-corrected chi connectivity index (χ0v) is 11.1. The average Bonchev–Trinajstić information content (AvgIpc) is 2.87. The lowest BCUT2D eigenvalue weighted by Crippen LogP contribution is -2.05. The van der Waals surface area contributed by atoms with Crippen molar-refractivity contribution in [1.82, 2.24) is 9.78 Å². The van der Waals surface area contributed by atoms with E-state index >= 15 is 0 Å². The highest BCUT2D eigenvalue weighted by Gasteiger charge is 2.11. The van der Waals surface area contributed by atoms with Crippen LogP contribution in [0, 0.1) is 11.3 Å². The van der Waals surface area contributed by atoms with Crippen LogP contribution in [-0.4, -0.2) is 14.9 Å². The van der Waals surface area contributed by atoms with Crippen LogP contribution < -0.4 is 0 Å². The first-order valence-electron chi connectivity index (χ1n) is 6.32. The molecular weight excluding hydrogens is 238 g/mol. The van der Waals surface area contributed by atoms with Gasteiger partial charge < -0.3 is 5.11 Å². The van der Waals surface area contributed by atoms with E-state index in [9.17, 15) is 5.11 Å². The van der Waals surface area contributed by atoms with Crippen LogP contribution in [0.15, 0.2) is 36.5 Å². The number of hydrogen-bond donors (Lipinski definition) is 1. The van der Waals surface area contributed by atoms with Crippen LogP contribution in [0.2, 0.25) is 0 Å². The van der Waals surface area contributed by atoms with E-state index in [2.05, 4.69) is 25.0 Å². The van der Waals surface area contributed by atoms with Gasteiger partial charge in [0.1, 0.15) is 0 Å². The number of nitriles is 1. The number of aliphatic hydroxyl groups is 1. The molecule has 0 saturated carbocycles. The second-order valence-electron chi connectivity index (χ2n) is 4.84. The maximum atomic E-state index is 10.2. The van der Waals surface area contributed by atoms with Gasteiger partial charge in [0.25, 0.3) is 0 Å². The Morgan fingerprint density at radius 3 is 2.79 bits per heavy atom. The molecule has 4 nitrogen and oxygen atoms in total. The molecule has 19 heavy (non-hydrogen) atoms. The molecule has 0 radical (unpaired) electrons. The number of rotatable bonds is 4. The zero-order chi connectivity index (χ0) is 13.8. The van der Waals surface area contributed by atoms with Crippen LogP contribution in [0.5, 0.6) is 0 Å². The van der Waals surface area contributed by atoms with Crippen molar-refractivity contribution < 1.29 is 5.11 Å². The summed E-state index contributed by atoms with van der Waals surface area (Å²) in [6.45, 7) is 4.12. The van der Waals surface area contributed by atoms with Gasteiger partial charge in [-0.1, -0.05) is 12.1 Å². The van der Waals surface area contributed by atoms with E-state index in [0.29, 0.717) is 18.0 Å². The molecule has 1 aromatic heterocycles. The van der Waals surface area contributed by atoms with Crippen LogP contribution in [-0.2, 0) is 6.42 Å². The quantitative estimate of drug-likeness (QED) is 0.913. The van der Waals surface area contributed by atoms with Crippen molar-refractivity contribution in [3.05, 3.63) is 53.3 Å². The predicted octanol–water partition coefficient (Wildman–Crippen LogP) is 2.61. The van der Waals surface area contributed by atoms with Gasteiger partial charge in [-0.15, -0.1) is 0 Å². The van der Waals surface area contributed by atoms with E-state index in [1.165, 1.54) is 0 Å². The summed E-state index contributed by atoms with van der Waals surface area (Å²) in [5.41, 5.74) is 2.16. The third-order valence-electron chi connectivity index (χ3n) is 3.00. The van der Waals surface area contributed by atoms with Gasteiger partial charge in [-0.3, -0.25) is 4.68 Å². The van der Waals surface area contributed by atoms with E-state index in [0.717, 1.165) is 11.3 Å². The third kappa shape index (κ3) is 3.21.